The van der Waals surface area contributed by atoms with Crippen LogP contribution in [-0.2, 0) is 18.3 Å². The number of rotatable bonds is 5. The Balaban J connectivity index is 0.00000243. The van der Waals surface area contributed by atoms with Crippen LogP contribution in [0, 0.1) is 0 Å². The number of piperazine rings is 1. The Morgan fingerprint density at radius 1 is 1.38 bits per heavy atom. The van der Waals surface area contributed by atoms with Crippen molar-refractivity contribution >= 4 is 18.3 Å². The number of nitrogens with one attached hydrogen (secondary N) is 1. The highest BCUT2D eigenvalue weighted by Gasteiger charge is 2.30. The molecule has 1 fully saturated rings. The molecule has 0 bridgehead atoms. The predicted molar refractivity (Wildman–Crippen MR) is 94.6 cm³/mol. The Morgan fingerprint density at radius 3 is 2.73 bits per heavy atom. The van der Waals surface area contributed by atoms with Gasteiger partial charge in [-0.15, -0.1) is 12.4 Å². The second-order valence-electron chi connectivity index (χ2n) is 5.90. The maximum absolute atomic E-state index is 12.8. The minimum absolute atomic E-state index is 0. The molecule has 0 aliphatic carbocycles. The monoisotopic (exact) mass is 386 g/mol. The van der Waals surface area contributed by atoms with E-state index in [1.165, 1.54) is 12.1 Å². The van der Waals surface area contributed by atoms with Crippen LogP contribution in [0.2, 0.25) is 0 Å². The maximum Gasteiger partial charge on any atom is 0.387 e. The number of aryl methyl sites for hydroxylation is 1. The van der Waals surface area contributed by atoms with Gasteiger partial charge in [-0.3, -0.25) is 4.79 Å². The number of aromatic nitrogens is 2. The molecule has 1 aromatic heterocycles. The van der Waals surface area contributed by atoms with Gasteiger partial charge < -0.3 is 19.5 Å². The number of hydrogen-bond donors (Lipinski definition) is 1. The molecule has 26 heavy (non-hydrogen) atoms. The minimum Gasteiger partial charge on any atom is -0.435 e. The number of amides is 1. The second kappa shape index (κ2) is 8.95. The summed E-state index contributed by atoms with van der Waals surface area (Å²) in [6, 6.07) is 6.04. The van der Waals surface area contributed by atoms with Crippen LogP contribution in [0.1, 0.15) is 17.4 Å². The molecule has 1 saturated heterocycles. The maximum atomic E-state index is 12.8. The number of alkyl halides is 2. The first-order valence-corrected chi connectivity index (χ1v) is 8.06. The summed E-state index contributed by atoms with van der Waals surface area (Å²) in [6.45, 7) is -0.874. The zero-order valence-electron chi connectivity index (χ0n) is 14.3. The van der Waals surface area contributed by atoms with Crippen molar-refractivity contribution < 1.29 is 18.3 Å². The normalized spacial score (nSPS) is 17.1. The number of benzene rings is 1. The summed E-state index contributed by atoms with van der Waals surface area (Å²) in [5, 5.41) is 3.29. The number of ether oxygens (including phenoxy) is 1. The van der Waals surface area contributed by atoms with E-state index in [4.69, 9.17) is 0 Å². The molecule has 0 spiro atoms. The second-order valence-corrected chi connectivity index (χ2v) is 5.90. The average Bonchev–Trinajstić information content (AvgIpc) is 3.02. The summed E-state index contributed by atoms with van der Waals surface area (Å²) in [5.41, 5.74) is 0.753. The molecule has 2 aromatic rings. The van der Waals surface area contributed by atoms with Gasteiger partial charge in [0.05, 0.1) is 6.42 Å². The molecule has 1 aliphatic heterocycles. The number of carbonyl (C=O) groups is 1. The molecule has 1 aliphatic rings. The summed E-state index contributed by atoms with van der Waals surface area (Å²) in [5.74, 6) is 0.900. The Morgan fingerprint density at radius 2 is 2.12 bits per heavy atom. The number of nitrogens with zero attached hydrogens (tertiary/aromatic N) is 3. The van der Waals surface area contributed by atoms with Crippen molar-refractivity contribution in [2.45, 2.75) is 19.1 Å². The van der Waals surface area contributed by atoms with Gasteiger partial charge >= 0.3 is 6.61 Å². The molecule has 2 heterocycles. The van der Waals surface area contributed by atoms with E-state index in [1.807, 2.05) is 22.7 Å². The molecule has 0 saturated carbocycles. The Bertz CT molecular complexity index is 724. The summed E-state index contributed by atoms with van der Waals surface area (Å²) < 4.78 is 30.6. The Hall–Kier alpha value is -2.19. The van der Waals surface area contributed by atoms with Gasteiger partial charge in [-0.05, 0) is 17.7 Å². The molecule has 1 amide bonds. The van der Waals surface area contributed by atoms with Crippen LogP contribution < -0.4 is 10.1 Å². The van der Waals surface area contributed by atoms with Gasteiger partial charge in [-0.1, -0.05) is 12.1 Å². The fraction of sp³-hybridized carbons (Fsp3) is 0.412. The van der Waals surface area contributed by atoms with E-state index in [1.54, 1.807) is 18.3 Å². The summed E-state index contributed by atoms with van der Waals surface area (Å²) in [7, 11) is 1.90. The highest BCUT2D eigenvalue weighted by atomic mass is 35.5. The van der Waals surface area contributed by atoms with E-state index in [0.717, 1.165) is 17.9 Å². The molecule has 0 radical (unpaired) electrons. The quantitative estimate of drug-likeness (QED) is 0.855. The lowest BCUT2D eigenvalue weighted by Crippen LogP contribution is -2.49. The molecule has 1 aromatic carbocycles. The van der Waals surface area contributed by atoms with Crippen LogP contribution in [0.25, 0.3) is 0 Å². The van der Waals surface area contributed by atoms with E-state index in [0.29, 0.717) is 13.1 Å². The van der Waals surface area contributed by atoms with Gasteiger partial charge in [0.2, 0.25) is 5.91 Å². The Kier molecular flexibility index (Phi) is 6.93. The zero-order valence-corrected chi connectivity index (χ0v) is 15.1. The van der Waals surface area contributed by atoms with Crippen molar-refractivity contribution in [3.05, 3.63) is 48.0 Å². The average molecular weight is 387 g/mol. The van der Waals surface area contributed by atoms with Gasteiger partial charge in [0.15, 0.2) is 0 Å². The third kappa shape index (κ3) is 4.70. The fourth-order valence-corrected chi connectivity index (χ4v) is 3.00. The van der Waals surface area contributed by atoms with Gasteiger partial charge in [0.1, 0.15) is 17.6 Å². The molecular formula is C17H21ClF2N4O2. The molecular weight excluding hydrogens is 366 g/mol. The largest absolute Gasteiger partial charge is 0.435 e. The van der Waals surface area contributed by atoms with Crippen molar-refractivity contribution in [1.29, 1.82) is 0 Å². The Labute approximate surface area is 156 Å². The molecule has 3 rings (SSSR count). The smallest absolute Gasteiger partial charge is 0.387 e. The molecule has 6 nitrogen and oxygen atoms in total. The van der Waals surface area contributed by atoms with Crippen molar-refractivity contribution in [3.8, 4) is 5.75 Å². The van der Waals surface area contributed by atoms with E-state index < -0.39 is 6.61 Å². The number of carbonyl (C=O) groups excluding carboxylic acids is 1. The summed E-state index contributed by atoms with van der Waals surface area (Å²) >= 11 is 0. The van der Waals surface area contributed by atoms with Crippen LogP contribution in [0.4, 0.5) is 8.78 Å². The lowest BCUT2D eigenvalue weighted by Gasteiger charge is -2.35. The first-order chi connectivity index (χ1) is 12.0. The summed E-state index contributed by atoms with van der Waals surface area (Å²) in [4.78, 5) is 18.9. The van der Waals surface area contributed by atoms with Gasteiger partial charge in [0, 0.05) is 39.1 Å². The predicted octanol–water partition coefficient (Wildman–Crippen LogP) is 2.16. The molecule has 1 atom stereocenters. The van der Waals surface area contributed by atoms with Crippen LogP contribution in [0.15, 0.2) is 36.7 Å². The van der Waals surface area contributed by atoms with Crippen molar-refractivity contribution in [1.82, 2.24) is 19.8 Å². The van der Waals surface area contributed by atoms with Crippen LogP contribution in [0.3, 0.4) is 0 Å². The van der Waals surface area contributed by atoms with Crippen LogP contribution in [0.5, 0.6) is 5.75 Å². The topological polar surface area (TPSA) is 59.4 Å². The standard InChI is InChI=1S/C17H20F2N4O2.ClH/c1-22-8-7-21-16(22)14-11-20-6-9-23(14)15(24)10-12-2-4-13(5-3-12)25-17(18)19;/h2-5,7-8,14,17,20H,6,9-11H2,1H3;1H. The van der Waals surface area contributed by atoms with E-state index >= 15 is 0 Å². The van der Waals surface area contributed by atoms with E-state index in [9.17, 15) is 13.6 Å². The SMILES string of the molecule is Cl.Cn1ccnc1C1CNCCN1C(=O)Cc1ccc(OC(F)F)cc1. The number of imidazole rings is 1. The van der Waals surface area contributed by atoms with Gasteiger partial charge in [-0.2, -0.15) is 8.78 Å². The van der Waals surface area contributed by atoms with Crippen molar-refractivity contribution in [3.63, 3.8) is 0 Å². The lowest BCUT2D eigenvalue weighted by atomic mass is 10.1. The third-order valence-electron chi connectivity index (χ3n) is 4.22. The molecule has 1 unspecified atom stereocenters. The van der Waals surface area contributed by atoms with Gasteiger partial charge in [-0.25, -0.2) is 4.98 Å². The first-order valence-electron chi connectivity index (χ1n) is 8.06. The number of hydrogen-bond acceptors (Lipinski definition) is 4. The van der Waals surface area contributed by atoms with Crippen LogP contribution in [-0.4, -0.2) is 46.6 Å². The fourth-order valence-electron chi connectivity index (χ4n) is 3.00. The van der Waals surface area contributed by atoms with Gasteiger partial charge in [0.25, 0.3) is 0 Å². The summed E-state index contributed by atoms with van der Waals surface area (Å²) in [6.07, 6.45) is 3.78. The van der Waals surface area contributed by atoms with E-state index in [2.05, 4.69) is 15.0 Å². The molecule has 142 valence electrons. The lowest BCUT2D eigenvalue weighted by molar-refractivity contribution is -0.134. The highest BCUT2D eigenvalue weighted by Crippen LogP contribution is 2.22. The third-order valence-corrected chi connectivity index (χ3v) is 4.22. The van der Waals surface area contributed by atoms with Crippen molar-refractivity contribution in [2.24, 2.45) is 7.05 Å². The highest BCUT2D eigenvalue weighted by molar-refractivity contribution is 5.85. The number of halogens is 3. The van der Waals surface area contributed by atoms with Crippen molar-refractivity contribution in [2.75, 3.05) is 19.6 Å². The molecule has 1 N–H and O–H groups in total. The zero-order chi connectivity index (χ0) is 17.8. The van der Waals surface area contributed by atoms with Crippen LogP contribution >= 0.6 is 12.4 Å². The van der Waals surface area contributed by atoms with E-state index in [-0.39, 0.29) is 36.5 Å². The molecule has 9 heteroatoms. The first kappa shape index (κ1) is 20.1. The minimum atomic E-state index is -2.85.